The van der Waals surface area contributed by atoms with Crippen molar-refractivity contribution in [3.8, 4) is 11.5 Å². The van der Waals surface area contributed by atoms with E-state index in [0.717, 1.165) is 31.1 Å². The van der Waals surface area contributed by atoms with Crippen LogP contribution in [0.1, 0.15) is 26.3 Å². The van der Waals surface area contributed by atoms with Gasteiger partial charge in [-0.2, -0.15) is 9.78 Å². The maximum Gasteiger partial charge on any atom is 0.344 e. The summed E-state index contributed by atoms with van der Waals surface area (Å²) in [6.07, 6.45) is 3.12. The van der Waals surface area contributed by atoms with Crippen molar-refractivity contribution in [1.82, 2.24) is 19.6 Å². The number of piperazine rings is 1. The highest BCUT2D eigenvalue weighted by molar-refractivity contribution is 5.91. The van der Waals surface area contributed by atoms with Gasteiger partial charge in [0.2, 0.25) is 5.91 Å². The van der Waals surface area contributed by atoms with E-state index in [1.54, 1.807) is 18.1 Å². The lowest BCUT2D eigenvalue weighted by molar-refractivity contribution is -0.116. The Labute approximate surface area is 201 Å². The minimum Gasteiger partial charge on any atom is -0.457 e. The Bertz CT molecular complexity index is 1070. The van der Waals surface area contributed by atoms with Gasteiger partial charge >= 0.3 is 6.03 Å². The summed E-state index contributed by atoms with van der Waals surface area (Å²) < 4.78 is 7.23. The molecule has 2 aromatic carbocycles. The SMILES string of the molecule is CC.CC(=O)N(C)c1cnn(C(=O)N2CCN(Cc3cccc(Oc4ccccc4)c3)CC2)c1. The predicted molar refractivity (Wildman–Crippen MR) is 133 cm³/mol. The highest BCUT2D eigenvalue weighted by atomic mass is 16.5. The van der Waals surface area contributed by atoms with Crippen LogP contribution in [0.5, 0.6) is 11.5 Å². The molecule has 0 bridgehead atoms. The summed E-state index contributed by atoms with van der Waals surface area (Å²) in [5.41, 5.74) is 1.77. The third-order valence-electron chi connectivity index (χ3n) is 5.55. The van der Waals surface area contributed by atoms with Gasteiger partial charge in [0.25, 0.3) is 0 Å². The van der Waals surface area contributed by atoms with Gasteiger partial charge in [0.1, 0.15) is 11.5 Å². The molecule has 0 N–H and O–H groups in total. The standard InChI is InChI=1S/C24H27N5O3.C2H6/c1-19(30)26(2)21-16-25-29(18-21)24(31)28-13-11-27(12-14-28)17-20-7-6-10-23(15-20)32-22-8-4-3-5-9-22;1-2/h3-10,15-16,18H,11-14,17H2,1-2H3;1-2H3. The normalized spacial score (nSPS) is 13.6. The van der Waals surface area contributed by atoms with Crippen molar-refractivity contribution < 1.29 is 14.3 Å². The molecule has 8 heteroatoms. The zero-order valence-electron chi connectivity index (χ0n) is 20.3. The van der Waals surface area contributed by atoms with Crippen molar-refractivity contribution in [3.63, 3.8) is 0 Å². The number of aromatic nitrogens is 2. The van der Waals surface area contributed by atoms with Gasteiger partial charge in [0.05, 0.1) is 18.1 Å². The molecular formula is C26H33N5O3. The van der Waals surface area contributed by atoms with Crippen LogP contribution in [0.15, 0.2) is 67.0 Å². The van der Waals surface area contributed by atoms with Crippen LogP contribution in [0, 0.1) is 0 Å². The summed E-state index contributed by atoms with van der Waals surface area (Å²) in [5.74, 6) is 1.52. The minimum atomic E-state index is -0.175. The largest absolute Gasteiger partial charge is 0.457 e. The van der Waals surface area contributed by atoms with Crippen molar-refractivity contribution in [2.75, 3.05) is 38.1 Å². The summed E-state index contributed by atoms with van der Waals surface area (Å²) in [6.45, 7) is 9.06. The van der Waals surface area contributed by atoms with Crippen molar-refractivity contribution in [2.45, 2.75) is 27.3 Å². The van der Waals surface area contributed by atoms with Crippen molar-refractivity contribution in [3.05, 3.63) is 72.6 Å². The number of para-hydroxylation sites is 1. The second-order valence-electron chi connectivity index (χ2n) is 7.83. The Balaban J connectivity index is 0.00000158. The number of amides is 2. The van der Waals surface area contributed by atoms with Crippen LogP contribution in [-0.2, 0) is 11.3 Å². The van der Waals surface area contributed by atoms with Crippen molar-refractivity contribution in [2.24, 2.45) is 0 Å². The Morgan fingerprint density at radius 2 is 1.65 bits per heavy atom. The molecular weight excluding hydrogens is 430 g/mol. The number of carbonyl (C=O) groups excluding carboxylic acids is 2. The summed E-state index contributed by atoms with van der Waals surface area (Å²) in [6, 6.07) is 17.7. The average molecular weight is 464 g/mol. The van der Waals surface area contributed by atoms with E-state index in [2.05, 4.69) is 22.1 Å². The van der Waals surface area contributed by atoms with Gasteiger partial charge in [-0.15, -0.1) is 0 Å². The second-order valence-corrected chi connectivity index (χ2v) is 7.83. The van der Waals surface area contributed by atoms with Gasteiger partial charge in [-0.1, -0.05) is 44.2 Å². The van der Waals surface area contributed by atoms with Crippen LogP contribution in [-0.4, -0.2) is 64.7 Å². The van der Waals surface area contributed by atoms with E-state index in [0.29, 0.717) is 18.8 Å². The molecule has 8 nitrogen and oxygen atoms in total. The Morgan fingerprint density at radius 1 is 0.971 bits per heavy atom. The zero-order chi connectivity index (χ0) is 24.5. The molecule has 1 aliphatic rings. The fraction of sp³-hybridized carbons (Fsp3) is 0.346. The Kier molecular flexibility index (Phi) is 8.81. The molecule has 34 heavy (non-hydrogen) atoms. The van der Waals surface area contributed by atoms with Crippen molar-refractivity contribution >= 4 is 17.6 Å². The number of ether oxygens (including phenoxy) is 1. The van der Waals surface area contributed by atoms with Crippen LogP contribution in [0.2, 0.25) is 0 Å². The molecule has 0 spiro atoms. The van der Waals surface area contributed by atoms with Crippen LogP contribution in [0.3, 0.4) is 0 Å². The zero-order valence-corrected chi connectivity index (χ0v) is 20.3. The molecule has 1 saturated heterocycles. The molecule has 4 rings (SSSR count). The first kappa shape index (κ1) is 25.0. The number of carbonyl (C=O) groups is 2. The fourth-order valence-electron chi connectivity index (χ4n) is 3.61. The summed E-state index contributed by atoms with van der Waals surface area (Å²) >= 11 is 0. The third kappa shape index (κ3) is 6.45. The molecule has 0 saturated carbocycles. The number of anilines is 1. The number of rotatable bonds is 5. The van der Waals surface area contributed by atoms with E-state index in [1.165, 1.54) is 28.3 Å². The monoisotopic (exact) mass is 463 g/mol. The molecule has 0 unspecified atom stereocenters. The lowest BCUT2D eigenvalue weighted by Crippen LogP contribution is -2.49. The molecule has 1 aromatic heterocycles. The summed E-state index contributed by atoms with van der Waals surface area (Å²) in [7, 11) is 1.66. The quantitative estimate of drug-likeness (QED) is 0.558. The highest BCUT2D eigenvalue weighted by Crippen LogP contribution is 2.22. The molecule has 1 fully saturated rings. The van der Waals surface area contributed by atoms with Gasteiger partial charge in [-0.3, -0.25) is 9.69 Å². The highest BCUT2D eigenvalue weighted by Gasteiger charge is 2.23. The van der Waals surface area contributed by atoms with Gasteiger partial charge in [0, 0.05) is 46.7 Å². The molecule has 2 heterocycles. The molecule has 0 atom stereocenters. The third-order valence-corrected chi connectivity index (χ3v) is 5.55. The molecule has 2 amide bonds. The van der Waals surface area contributed by atoms with E-state index in [1.807, 2.05) is 56.3 Å². The number of nitrogens with zero attached hydrogens (tertiary/aromatic N) is 5. The molecule has 0 radical (unpaired) electrons. The maximum absolute atomic E-state index is 12.8. The fourth-order valence-corrected chi connectivity index (χ4v) is 3.61. The first-order valence-corrected chi connectivity index (χ1v) is 11.6. The number of hydrogen-bond acceptors (Lipinski definition) is 5. The van der Waals surface area contributed by atoms with Crippen LogP contribution >= 0.6 is 0 Å². The second kappa shape index (κ2) is 12.0. The van der Waals surface area contributed by atoms with Gasteiger partial charge in [-0.25, -0.2) is 4.79 Å². The molecule has 0 aliphatic carbocycles. The Morgan fingerprint density at radius 3 is 2.32 bits per heavy atom. The lowest BCUT2D eigenvalue weighted by atomic mass is 10.2. The summed E-state index contributed by atoms with van der Waals surface area (Å²) in [5, 5.41) is 4.13. The van der Waals surface area contributed by atoms with Gasteiger partial charge in [0.15, 0.2) is 0 Å². The molecule has 180 valence electrons. The van der Waals surface area contributed by atoms with Gasteiger partial charge in [-0.05, 0) is 29.8 Å². The van der Waals surface area contributed by atoms with E-state index in [9.17, 15) is 9.59 Å². The predicted octanol–water partition coefficient (Wildman–Crippen LogP) is 4.47. The Hall–Kier alpha value is -3.65. The molecule has 1 aliphatic heterocycles. The number of benzene rings is 2. The van der Waals surface area contributed by atoms with Crippen LogP contribution < -0.4 is 9.64 Å². The topological polar surface area (TPSA) is 70.9 Å². The first-order chi connectivity index (χ1) is 16.5. The van der Waals surface area contributed by atoms with E-state index >= 15 is 0 Å². The van der Waals surface area contributed by atoms with Crippen LogP contribution in [0.4, 0.5) is 10.5 Å². The smallest absolute Gasteiger partial charge is 0.344 e. The minimum absolute atomic E-state index is 0.108. The lowest BCUT2D eigenvalue weighted by Gasteiger charge is -2.34. The van der Waals surface area contributed by atoms with Crippen molar-refractivity contribution in [1.29, 1.82) is 0 Å². The molecule has 3 aromatic rings. The summed E-state index contributed by atoms with van der Waals surface area (Å²) in [4.78, 5) is 29.9. The van der Waals surface area contributed by atoms with E-state index < -0.39 is 0 Å². The van der Waals surface area contributed by atoms with E-state index in [4.69, 9.17) is 4.74 Å². The number of hydrogen-bond donors (Lipinski definition) is 0. The first-order valence-electron chi connectivity index (χ1n) is 11.6. The van der Waals surface area contributed by atoms with Crippen LogP contribution in [0.25, 0.3) is 0 Å². The van der Waals surface area contributed by atoms with Gasteiger partial charge < -0.3 is 14.5 Å². The maximum atomic E-state index is 12.8. The van der Waals surface area contributed by atoms with E-state index in [-0.39, 0.29) is 11.9 Å². The average Bonchev–Trinajstić information content (AvgIpc) is 3.36.